The highest BCUT2D eigenvalue weighted by Gasteiger charge is 1.92. The van der Waals surface area contributed by atoms with Gasteiger partial charge in [0.15, 0.2) is 0 Å². The maximum Gasteiger partial charge on any atom is 0.146 e. The second-order valence-corrected chi connectivity index (χ2v) is 3.39. The summed E-state index contributed by atoms with van der Waals surface area (Å²) in [6.45, 7) is 1.80. The van der Waals surface area contributed by atoms with Crippen LogP contribution >= 0.6 is 24.0 Å². The fourth-order valence-electron chi connectivity index (χ4n) is 0.537. The maximum atomic E-state index is 10.3. The molecular formula is C7H10OS2. The number of hydrogen-bond donors (Lipinski definition) is 0. The maximum absolute atomic E-state index is 10.3. The summed E-state index contributed by atoms with van der Waals surface area (Å²) >= 11 is 6.42. The predicted molar refractivity (Wildman–Crippen MR) is 50.8 cm³/mol. The van der Waals surface area contributed by atoms with Gasteiger partial charge in [0.25, 0.3) is 0 Å². The number of thiocarbonyl (C=S) groups is 1. The van der Waals surface area contributed by atoms with Crippen molar-refractivity contribution < 1.29 is 4.79 Å². The zero-order valence-electron chi connectivity index (χ0n) is 6.09. The summed E-state index contributed by atoms with van der Waals surface area (Å²) in [5.41, 5.74) is 0.764. The Kier molecular flexibility index (Phi) is 5.54. The van der Waals surface area contributed by atoms with Crippen molar-refractivity contribution >= 4 is 35.1 Å². The normalized spacial score (nSPS) is 11.2. The molecule has 1 nitrogen and oxygen atoms in total. The summed E-state index contributed by atoms with van der Waals surface area (Å²) in [6.07, 6.45) is 4.54. The average molecular weight is 174 g/mol. The number of aldehydes is 1. The van der Waals surface area contributed by atoms with Crippen molar-refractivity contribution in [1.82, 2.24) is 0 Å². The van der Waals surface area contributed by atoms with Gasteiger partial charge in [-0.05, 0) is 19.3 Å². The van der Waals surface area contributed by atoms with Crippen molar-refractivity contribution in [3.05, 3.63) is 11.6 Å². The Labute approximate surface area is 70.9 Å². The second kappa shape index (κ2) is 5.62. The van der Waals surface area contributed by atoms with E-state index in [1.54, 1.807) is 24.8 Å². The number of carbonyl (C=O) groups excluding carboxylic acids is 1. The van der Waals surface area contributed by atoms with E-state index >= 15 is 0 Å². The summed E-state index contributed by atoms with van der Waals surface area (Å²) in [5, 5.41) is 0. The lowest BCUT2D eigenvalue weighted by atomic mass is 10.3. The first kappa shape index (κ1) is 9.85. The van der Waals surface area contributed by atoms with Crippen LogP contribution in [0.2, 0.25) is 0 Å². The lowest BCUT2D eigenvalue weighted by molar-refractivity contribution is -0.104. The summed E-state index contributed by atoms with van der Waals surface area (Å²) in [5.74, 6) is 0.747. The molecule has 0 saturated carbocycles. The molecule has 0 saturated heterocycles. The minimum absolute atomic E-state index is 0.747. The van der Waals surface area contributed by atoms with E-state index in [0.29, 0.717) is 0 Å². The molecule has 0 atom stereocenters. The van der Waals surface area contributed by atoms with Crippen molar-refractivity contribution in [1.29, 1.82) is 0 Å². The Balaban J connectivity index is 4.03. The third-order valence-corrected chi connectivity index (χ3v) is 1.59. The van der Waals surface area contributed by atoms with Crippen LogP contribution in [0.25, 0.3) is 0 Å². The van der Waals surface area contributed by atoms with Crippen molar-refractivity contribution in [3.8, 4) is 0 Å². The molecule has 0 bridgehead atoms. The molecule has 0 aromatic heterocycles. The van der Waals surface area contributed by atoms with Gasteiger partial charge in [-0.2, -0.15) is 11.8 Å². The van der Waals surface area contributed by atoms with Crippen LogP contribution in [0.4, 0.5) is 0 Å². The molecule has 0 unspecified atom stereocenters. The van der Waals surface area contributed by atoms with E-state index in [1.165, 1.54) is 0 Å². The van der Waals surface area contributed by atoms with Gasteiger partial charge in [0.05, 0.1) is 0 Å². The minimum Gasteiger partial charge on any atom is -0.298 e. The number of allylic oxidation sites excluding steroid dienone is 1. The van der Waals surface area contributed by atoms with E-state index in [1.807, 2.05) is 6.26 Å². The molecule has 3 heteroatoms. The van der Waals surface area contributed by atoms with Crippen LogP contribution in [0, 0.1) is 0 Å². The molecular weight excluding hydrogens is 164 g/mol. The van der Waals surface area contributed by atoms with E-state index in [9.17, 15) is 4.79 Å². The lowest BCUT2D eigenvalue weighted by Crippen LogP contribution is -1.91. The van der Waals surface area contributed by atoms with Crippen LogP contribution in [-0.2, 0) is 4.79 Å². The molecule has 10 heavy (non-hydrogen) atoms. The van der Waals surface area contributed by atoms with Crippen molar-refractivity contribution in [2.45, 2.75) is 6.92 Å². The first-order valence-corrected chi connectivity index (χ1v) is 4.66. The Hall–Kier alpha value is -0.150. The molecule has 0 heterocycles. The van der Waals surface area contributed by atoms with Crippen LogP contribution in [0.1, 0.15) is 6.92 Å². The Morgan fingerprint density at radius 2 is 2.30 bits per heavy atom. The summed E-state index contributed by atoms with van der Waals surface area (Å²) < 4.78 is 0. The molecule has 0 radical (unpaired) electrons. The van der Waals surface area contributed by atoms with Gasteiger partial charge in [-0.1, -0.05) is 12.2 Å². The standard InChI is InChI=1S/C7H10OS2/c1-6(9)3-7(4-8)5-10-2/h3-4H,5H2,1-2H3. The largest absolute Gasteiger partial charge is 0.298 e. The monoisotopic (exact) mass is 174 g/mol. The van der Waals surface area contributed by atoms with E-state index in [4.69, 9.17) is 12.2 Å². The van der Waals surface area contributed by atoms with E-state index in [2.05, 4.69) is 0 Å². The molecule has 56 valence electrons. The highest BCUT2D eigenvalue weighted by molar-refractivity contribution is 7.98. The molecule has 0 amide bonds. The van der Waals surface area contributed by atoms with Crippen LogP contribution < -0.4 is 0 Å². The van der Waals surface area contributed by atoms with E-state index in [0.717, 1.165) is 22.5 Å². The average Bonchev–Trinajstić information content (AvgIpc) is 1.86. The molecule has 0 N–H and O–H groups in total. The summed E-state index contributed by atoms with van der Waals surface area (Å²) in [4.78, 5) is 11.0. The zero-order valence-corrected chi connectivity index (χ0v) is 7.72. The summed E-state index contributed by atoms with van der Waals surface area (Å²) in [6, 6.07) is 0. The van der Waals surface area contributed by atoms with Crippen LogP contribution in [0.5, 0.6) is 0 Å². The third kappa shape index (κ3) is 4.70. The molecule has 0 aliphatic carbocycles. The lowest BCUT2D eigenvalue weighted by Gasteiger charge is -1.93. The highest BCUT2D eigenvalue weighted by Crippen LogP contribution is 2.01. The van der Waals surface area contributed by atoms with Gasteiger partial charge >= 0.3 is 0 Å². The fraction of sp³-hybridized carbons (Fsp3) is 0.429. The number of thioether (sulfide) groups is 1. The zero-order chi connectivity index (χ0) is 7.98. The van der Waals surface area contributed by atoms with Gasteiger partial charge in [0, 0.05) is 16.2 Å². The number of hydrogen-bond acceptors (Lipinski definition) is 3. The van der Waals surface area contributed by atoms with Gasteiger partial charge in [-0.15, -0.1) is 0 Å². The second-order valence-electron chi connectivity index (χ2n) is 1.88. The topological polar surface area (TPSA) is 17.1 Å². The quantitative estimate of drug-likeness (QED) is 0.368. The molecule has 0 fully saturated rings. The Morgan fingerprint density at radius 3 is 2.60 bits per heavy atom. The minimum atomic E-state index is 0.747. The van der Waals surface area contributed by atoms with Crippen molar-refractivity contribution in [2.75, 3.05) is 12.0 Å². The molecule has 0 aliphatic rings. The third-order valence-electron chi connectivity index (χ3n) is 0.851. The molecule has 0 aromatic rings. The van der Waals surface area contributed by atoms with Crippen molar-refractivity contribution in [2.24, 2.45) is 0 Å². The predicted octanol–water partition coefficient (Wildman–Crippen LogP) is 1.86. The molecule has 0 aromatic carbocycles. The van der Waals surface area contributed by atoms with E-state index in [-0.39, 0.29) is 0 Å². The van der Waals surface area contributed by atoms with Crippen LogP contribution in [-0.4, -0.2) is 23.2 Å². The van der Waals surface area contributed by atoms with Gasteiger partial charge in [-0.3, -0.25) is 4.79 Å². The van der Waals surface area contributed by atoms with Crippen LogP contribution in [0.3, 0.4) is 0 Å². The molecule has 0 rings (SSSR count). The van der Waals surface area contributed by atoms with Crippen molar-refractivity contribution in [3.63, 3.8) is 0 Å². The summed E-state index contributed by atoms with van der Waals surface area (Å²) in [7, 11) is 0. The van der Waals surface area contributed by atoms with E-state index < -0.39 is 0 Å². The Bertz CT molecular complexity index is 161. The highest BCUT2D eigenvalue weighted by atomic mass is 32.2. The first-order chi connectivity index (χ1) is 4.70. The smallest absolute Gasteiger partial charge is 0.146 e. The number of carbonyl (C=O) groups is 1. The van der Waals surface area contributed by atoms with Gasteiger partial charge in [0.1, 0.15) is 6.29 Å². The SMILES string of the molecule is CSCC(C=O)=CC(C)=S. The van der Waals surface area contributed by atoms with Gasteiger partial charge in [-0.25, -0.2) is 0 Å². The molecule has 0 spiro atoms. The van der Waals surface area contributed by atoms with Crippen LogP contribution in [0.15, 0.2) is 11.6 Å². The van der Waals surface area contributed by atoms with Gasteiger partial charge in [0.2, 0.25) is 0 Å². The first-order valence-electron chi connectivity index (χ1n) is 2.86. The molecule has 0 aliphatic heterocycles. The fourth-order valence-corrected chi connectivity index (χ4v) is 1.17. The van der Waals surface area contributed by atoms with Gasteiger partial charge < -0.3 is 0 Å². The number of rotatable bonds is 4. The Morgan fingerprint density at radius 1 is 1.70 bits per heavy atom.